The number of carbonyl (C=O) groups excluding carboxylic acids is 1. The fourth-order valence-corrected chi connectivity index (χ4v) is 3.60. The molecule has 4 rings (SSSR count). The van der Waals surface area contributed by atoms with Crippen LogP contribution >= 0.6 is 0 Å². The minimum atomic E-state index is -0.101. The van der Waals surface area contributed by atoms with E-state index in [1.165, 1.54) is 0 Å². The molecule has 6 nitrogen and oxygen atoms in total. The van der Waals surface area contributed by atoms with Crippen molar-refractivity contribution in [2.24, 2.45) is 0 Å². The summed E-state index contributed by atoms with van der Waals surface area (Å²) in [6.45, 7) is 3.58. The molecular formula is C22H24N4O2. The van der Waals surface area contributed by atoms with E-state index in [0.29, 0.717) is 29.7 Å². The molecule has 0 unspecified atom stereocenters. The maximum atomic E-state index is 13.1. The number of nitrogens with zero attached hydrogens (tertiary/aromatic N) is 4. The van der Waals surface area contributed by atoms with Crippen LogP contribution in [0.25, 0.3) is 22.3 Å². The van der Waals surface area contributed by atoms with Crippen LogP contribution in [0.1, 0.15) is 6.42 Å². The third-order valence-corrected chi connectivity index (χ3v) is 5.30. The average Bonchev–Trinajstić information content (AvgIpc) is 2.74. The number of hydrogen-bond donors (Lipinski definition) is 0. The van der Waals surface area contributed by atoms with E-state index in [2.05, 4.69) is 11.9 Å². The lowest BCUT2D eigenvalue weighted by Crippen LogP contribution is -2.47. The molecule has 2 aromatic carbocycles. The van der Waals surface area contributed by atoms with Gasteiger partial charge < -0.3 is 9.80 Å². The van der Waals surface area contributed by atoms with Crippen molar-refractivity contribution in [3.05, 3.63) is 65.0 Å². The molecule has 0 radical (unpaired) electrons. The molecule has 3 aromatic rings. The minimum Gasteiger partial charge on any atom is -0.340 e. The summed E-state index contributed by atoms with van der Waals surface area (Å²) in [7, 11) is 2.06. The highest BCUT2D eigenvalue weighted by Crippen LogP contribution is 2.19. The first kappa shape index (κ1) is 18.4. The fraction of sp³-hybridized carbons (Fsp3) is 0.318. The number of amides is 1. The summed E-state index contributed by atoms with van der Waals surface area (Å²) in [6.07, 6.45) is 0.295. The van der Waals surface area contributed by atoms with Crippen LogP contribution in [0.4, 0.5) is 0 Å². The Morgan fingerprint density at radius 2 is 1.64 bits per heavy atom. The molecule has 0 N–H and O–H groups in total. The number of carbonyl (C=O) groups is 1. The molecular weight excluding hydrogens is 352 g/mol. The number of fused-ring (bicyclic) bond motifs is 1. The van der Waals surface area contributed by atoms with Crippen LogP contribution in [0.3, 0.4) is 0 Å². The topological polar surface area (TPSA) is 58.4 Å². The Labute approximate surface area is 164 Å². The number of hydrogen-bond acceptors (Lipinski definition) is 4. The Bertz CT molecular complexity index is 1040. The second-order valence-corrected chi connectivity index (χ2v) is 7.21. The van der Waals surface area contributed by atoms with Crippen LogP contribution in [0, 0.1) is 0 Å². The zero-order valence-electron chi connectivity index (χ0n) is 16.0. The minimum absolute atomic E-state index is 0.0900. The molecule has 0 atom stereocenters. The Morgan fingerprint density at radius 3 is 2.39 bits per heavy atom. The van der Waals surface area contributed by atoms with Gasteiger partial charge in [0.2, 0.25) is 5.91 Å². The molecule has 2 heterocycles. The molecule has 0 spiro atoms. The van der Waals surface area contributed by atoms with Gasteiger partial charge in [0.25, 0.3) is 5.56 Å². The van der Waals surface area contributed by atoms with Crippen LogP contribution in [-0.4, -0.2) is 58.5 Å². The van der Waals surface area contributed by atoms with Gasteiger partial charge in [0.05, 0.1) is 10.9 Å². The number of aromatic nitrogens is 2. The molecule has 1 amide bonds. The molecule has 0 aliphatic carbocycles. The van der Waals surface area contributed by atoms with Gasteiger partial charge in [-0.1, -0.05) is 42.5 Å². The van der Waals surface area contributed by atoms with Crippen molar-refractivity contribution in [2.45, 2.75) is 13.0 Å². The molecule has 1 aliphatic rings. The molecule has 1 saturated heterocycles. The molecule has 144 valence electrons. The van der Waals surface area contributed by atoms with Crippen molar-refractivity contribution in [1.29, 1.82) is 0 Å². The van der Waals surface area contributed by atoms with E-state index in [4.69, 9.17) is 4.98 Å². The molecule has 6 heteroatoms. The van der Waals surface area contributed by atoms with Gasteiger partial charge in [0.15, 0.2) is 0 Å². The lowest BCUT2D eigenvalue weighted by Gasteiger charge is -2.32. The lowest BCUT2D eigenvalue weighted by molar-refractivity contribution is -0.133. The third-order valence-electron chi connectivity index (χ3n) is 5.30. The van der Waals surface area contributed by atoms with Gasteiger partial charge >= 0.3 is 0 Å². The first-order chi connectivity index (χ1) is 13.6. The third kappa shape index (κ3) is 3.68. The van der Waals surface area contributed by atoms with Crippen LogP contribution in [0.5, 0.6) is 0 Å². The normalized spacial score (nSPS) is 15.1. The summed E-state index contributed by atoms with van der Waals surface area (Å²) >= 11 is 0. The monoisotopic (exact) mass is 376 g/mol. The summed E-state index contributed by atoms with van der Waals surface area (Å²) in [6, 6.07) is 17.0. The Hall–Kier alpha value is -2.99. The predicted molar refractivity (Wildman–Crippen MR) is 110 cm³/mol. The van der Waals surface area contributed by atoms with Crippen LogP contribution in [-0.2, 0) is 11.3 Å². The highest BCUT2D eigenvalue weighted by Gasteiger charge is 2.20. The number of likely N-dealkylation sites (N-methyl/N-ethyl adjacent to an activating group) is 1. The van der Waals surface area contributed by atoms with Gasteiger partial charge in [-0.05, 0) is 19.2 Å². The van der Waals surface area contributed by atoms with Gasteiger partial charge in [-0.25, -0.2) is 4.98 Å². The molecule has 0 saturated carbocycles. The summed E-state index contributed by atoms with van der Waals surface area (Å²) in [5.41, 5.74) is 1.45. The van der Waals surface area contributed by atoms with Gasteiger partial charge in [-0.2, -0.15) is 0 Å². The van der Waals surface area contributed by atoms with Crippen LogP contribution in [0.2, 0.25) is 0 Å². The molecule has 28 heavy (non-hydrogen) atoms. The number of piperazine rings is 1. The largest absolute Gasteiger partial charge is 0.340 e. The van der Waals surface area contributed by atoms with Crippen molar-refractivity contribution in [3.8, 4) is 11.4 Å². The second-order valence-electron chi connectivity index (χ2n) is 7.21. The van der Waals surface area contributed by atoms with E-state index in [1.54, 1.807) is 10.6 Å². The zero-order chi connectivity index (χ0) is 19.5. The van der Waals surface area contributed by atoms with Crippen LogP contribution in [0.15, 0.2) is 59.4 Å². The van der Waals surface area contributed by atoms with E-state index in [1.807, 2.05) is 53.4 Å². The highest BCUT2D eigenvalue weighted by atomic mass is 16.2. The number of rotatable bonds is 4. The summed E-state index contributed by atoms with van der Waals surface area (Å²) in [4.78, 5) is 34.7. The van der Waals surface area contributed by atoms with E-state index in [-0.39, 0.29) is 11.5 Å². The van der Waals surface area contributed by atoms with Gasteiger partial charge in [0, 0.05) is 44.7 Å². The SMILES string of the molecule is CN1CCN(C(=O)CCn2c(-c3ccccc3)nc3ccccc3c2=O)CC1. The van der Waals surface area contributed by atoms with E-state index in [9.17, 15) is 9.59 Å². The predicted octanol–water partition coefficient (Wildman–Crippen LogP) is 2.23. The second kappa shape index (κ2) is 7.94. The fourth-order valence-electron chi connectivity index (χ4n) is 3.60. The Kier molecular flexibility index (Phi) is 5.21. The smallest absolute Gasteiger partial charge is 0.261 e. The summed E-state index contributed by atoms with van der Waals surface area (Å²) in [5.74, 6) is 0.697. The van der Waals surface area contributed by atoms with Crippen molar-refractivity contribution in [3.63, 3.8) is 0 Å². The number of para-hydroxylation sites is 1. The molecule has 1 fully saturated rings. The lowest BCUT2D eigenvalue weighted by atomic mass is 10.1. The van der Waals surface area contributed by atoms with Gasteiger partial charge in [-0.15, -0.1) is 0 Å². The van der Waals surface area contributed by atoms with Crippen molar-refractivity contribution in [1.82, 2.24) is 19.4 Å². The first-order valence-corrected chi connectivity index (χ1v) is 9.65. The van der Waals surface area contributed by atoms with E-state index in [0.717, 1.165) is 31.7 Å². The highest BCUT2D eigenvalue weighted by molar-refractivity contribution is 5.80. The number of benzene rings is 2. The van der Waals surface area contributed by atoms with Crippen molar-refractivity contribution >= 4 is 16.8 Å². The Balaban J connectivity index is 1.66. The van der Waals surface area contributed by atoms with Gasteiger partial charge in [-0.3, -0.25) is 14.2 Å². The standard InChI is InChI=1S/C22H24N4O2/c1-24-13-15-25(16-14-24)20(27)11-12-26-21(17-7-3-2-4-8-17)23-19-10-6-5-9-18(19)22(26)28/h2-10H,11-16H2,1H3. The Morgan fingerprint density at radius 1 is 0.964 bits per heavy atom. The van der Waals surface area contributed by atoms with Crippen molar-refractivity contribution < 1.29 is 4.79 Å². The summed E-state index contributed by atoms with van der Waals surface area (Å²) < 4.78 is 1.64. The molecule has 1 aliphatic heterocycles. The maximum absolute atomic E-state index is 13.1. The zero-order valence-corrected chi connectivity index (χ0v) is 16.0. The average molecular weight is 376 g/mol. The summed E-state index contributed by atoms with van der Waals surface area (Å²) in [5, 5.41) is 0.578. The maximum Gasteiger partial charge on any atom is 0.261 e. The van der Waals surface area contributed by atoms with E-state index >= 15 is 0 Å². The molecule has 0 bridgehead atoms. The van der Waals surface area contributed by atoms with Crippen LogP contribution < -0.4 is 5.56 Å². The van der Waals surface area contributed by atoms with E-state index < -0.39 is 0 Å². The quantitative estimate of drug-likeness (QED) is 0.701. The van der Waals surface area contributed by atoms with Crippen molar-refractivity contribution in [2.75, 3.05) is 33.2 Å². The van der Waals surface area contributed by atoms with Gasteiger partial charge in [0.1, 0.15) is 5.82 Å². The molecule has 1 aromatic heterocycles. The first-order valence-electron chi connectivity index (χ1n) is 9.65.